The summed E-state index contributed by atoms with van der Waals surface area (Å²) < 4.78 is 4.76. The maximum absolute atomic E-state index is 12.7. The largest absolute Gasteiger partial charge is 0.467 e. The van der Waals surface area contributed by atoms with Crippen molar-refractivity contribution in [1.29, 1.82) is 0 Å². The Balaban J connectivity index is 1.24. The molecule has 0 aromatic carbocycles. The third-order valence-electron chi connectivity index (χ3n) is 10.8. The Morgan fingerprint density at radius 3 is 2.68 bits per heavy atom. The van der Waals surface area contributed by atoms with E-state index in [4.69, 9.17) is 16.0 Å². The summed E-state index contributed by atoms with van der Waals surface area (Å²) in [5, 5.41) is 25.4. The Kier molecular flexibility index (Phi) is 6.69. The predicted octanol–water partition coefficient (Wildman–Crippen LogP) is 2.82. The maximum atomic E-state index is 12.7. The maximum Gasteiger partial charge on any atom is 0.328 e. The van der Waals surface area contributed by atoms with E-state index in [-0.39, 0.29) is 36.3 Å². The van der Waals surface area contributed by atoms with Crippen molar-refractivity contribution in [3.05, 3.63) is 11.6 Å². The molecule has 1 heterocycles. The first-order valence-electron chi connectivity index (χ1n) is 13.7. The predicted molar refractivity (Wildman–Crippen MR) is 137 cm³/mol. The van der Waals surface area contributed by atoms with Crippen LogP contribution in [-0.2, 0) is 19.2 Å². The van der Waals surface area contributed by atoms with Gasteiger partial charge in [-0.15, -0.1) is 6.42 Å². The zero-order valence-corrected chi connectivity index (χ0v) is 22.2. The number of aliphatic hydroxyl groups excluding tert-OH is 1. The number of oxime groups is 1. The first kappa shape index (κ1) is 26.2. The minimum absolute atomic E-state index is 0.0856. The van der Waals surface area contributed by atoms with E-state index in [0.29, 0.717) is 24.2 Å². The Labute approximate surface area is 219 Å². The number of allylic oxidation sites excluding steroid dienone is 2. The van der Waals surface area contributed by atoms with Crippen molar-refractivity contribution in [2.45, 2.75) is 89.4 Å². The average molecular weight is 513 g/mol. The lowest BCUT2D eigenvalue weighted by molar-refractivity contribution is -0.152. The quantitative estimate of drug-likeness (QED) is 0.341. The lowest BCUT2D eigenvalue weighted by atomic mass is 9.46. The van der Waals surface area contributed by atoms with E-state index in [1.165, 1.54) is 17.6 Å². The molecule has 1 saturated heterocycles. The van der Waals surface area contributed by atoms with E-state index in [1.54, 1.807) is 0 Å². The third kappa shape index (κ3) is 4.10. The number of fused-ring (bicyclic) bond motifs is 5. The molecule has 2 N–H and O–H groups in total. The summed E-state index contributed by atoms with van der Waals surface area (Å²) in [5.74, 6) is 3.45. The molecule has 8 heteroatoms. The standard InChI is InChI=1S/C29H40N2O6/c1-5-29(35)13-10-23-21-7-6-18-14-19(8-11-27(18,2)22(21)9-12-28(23,29)3)30-37-17-25(33)31-16-20(32)15-24(31)26(34)36-4/h1,14,20-24,32,35H,6-13,15-17H2,2-4H3/b30-19+/t20-,21+,22-,23-,24+,27-,28-,29+/m0/s1. The molecular formula is C29H40N2O6. The molecule has 0 unspecified atom stereocenters. The Morgan fingerprint density at radius 1 is 1.19 bits per heavy atom. The topological polar surface area (TPSA) is 109 Å². The van der Waals surface area contributed by atoms with E-state index >= 15 is 0 Å². The molecule has 37 heavy (non-hydrogen) atoms. The second kappa shape index (κ2) is 9.43. The van der Waals surface area contributed by atoms with Gasteiger partial charge in [-0.2, -0.15) is 0 Å². The molecule has 0 radical (unpaired) electrons. The molecule has 5 rings (SSSR count). The molecule has 0 spiro atoms. The number of methoxy groups -OCH3 is 1. The smallest absolute Gasteiger partial charge is 0.328 e. The number of terminal acetylenes is 1. The average Bonchev–Trinajstić information content (AvgIpc) is 3.41. The van der Waals surface area contributed by atoms with Gasteiger partial charge >= 0.3 is 5.97 Å². The zero-order chi connectivity index (χ0) is 26.6. The highest BCUT2D eigenvalue weighted by Crippen LogP contribution is 2.67. The first-order valence-corrected chi connectivity index (χ1v) is 13.7. The molecule has 0 aromatic rings. The molecule has 1 aliphatic heterocycles. The zero-order valence-electron chi connectivity index (χ0n) is 22.2. The minimum atomic E-state index is -0.981. The number of β-amino-alcohol motifs (C(OH)–C–C–N with tert-alkyl or cyclic N) is 1. The summed E-state index contributed by atoms with van der Waals surface area (Å²) in [5.41, 5.74) is 1.18. The fourth-order valence-corrected chi connectivity index (χ4v) is 8.60. The van der Waals surface area contributed by atoms with Crippen LogP contribution in [0.4, 0.5) is 0 Å². The molecule has 0 bridgehead atoms. The lowest BCUT2D eigenvalue weighted by Crippen LogP contribution is -2.54. The molecule has 202 valence electrons. The SMILES string of the molecule is C#C[C@@]1(O)CC[C@H]2[C@@H]3CCC4=C/C(=N/OCC(=O)N5C[C@@H](O)C[C@@H]5C(=O)OC)CC[C@]4(C)[C@H]3CC[C@@]21C. The van der Waals surface area contributed by atoms with Gasteiger partial charge in [-0.3, -0.25) is 4.79 Å². The number of carbonyl (C=O) groups excluding carboxylic acids is 2. The molecule has 4 aliphatic carbocycles. The van der Waals surface area contributed by atoms with Crippen molar-refractivity contribution < 1.29 is 29.4 Å². The summed E-state index contributed by atoms with van der Waals surface area (Å²) >= 11 is 0. The van der Waals surface area contributed by atoms with Crippen LogP contribution in [0.3, 0.4) is 0 Å². The molecule has 8 atom stereocenters. The van der Waals surface area contributed by atoms with Crippen molar-refractivity contribution in [3.8, 4) is 12.3 Å². The summed E-state index contributed by atoms with van der Waals surface area (Å²) in [7, 11) is 1.27. The second-order valence-electron chi connectivity index (χ2n) is 12.3. The van der Waals surface area contributed by atoms with Gasteiger partial charge in [0.25, 0.3) is 5.91 Å². The van der Waals surface area contributed by atoms with E-state index < -0.39 is 23.7 Å². The summed E-state index contributed by atoms with van der Waals surface area (Å²) in [6, 6.07) is -0.787. The van der Waals surface area contributed by atoms with Crippen LogP contribution < -0.4 is 0 Å². The van der Waals surface area contributed by atoms with E-state index in [1.807, 2.05) is 0 Å². The fraction of sp³-hybridized carbons (Fsp3) is 0.759. The Hall–Kier alpha value is -2.37. The fourth-order valence-electron chi connectivity index (χ4n) is 8.60. The lowest BCUT2D eigenvalue weighted by Gasteiger charge is -2.58. The van der Waals surface area contributed by atoms with Crippen LogP contribution in [0.25, 0.3) is 0 Å². The van der Waals surface area contributed by atoms with Crippen LogP contribution in [0.1, 0.15) is 71.6 Å². The highest BCUT2D eigenvalue weighted by atomic mass is 16.6. The van der Waals surface area contributed by atoms with Gasteiger partial charge in [0, 0.05) is 18.4 Å². The van der Waals surface area contributed by atoms with Crippen molar-refractivity contribution >= 4 is 17.6 Å². The van der Waals surface area contributed by atoms with Gasteiger partial charge in [0.2, 0.25) is 0 Å². The van der Waals surface area contributed by atoms with Crippen LogP contribution in [0.2, 0.25) is 0 Å². The van der Waals surface area contributed by atoms with Crippen molar-refractivity contribution in [2.24, 2.45) is 33.7 Å². The number of nitrogens with zero attached hydrogens (tertiary/aromatic N) is 2. The monoisotopic (exact) mass is 512 g/mol. The van der Waals surface area contributed by atoms with Crippen LogP contribution in [0, 0.1) is 40.9 Å². The van der Waals surface area contributed by atoms with Crippen molar-refractivity contribution in [3.63, 3.8) is 0 Å². The highest BCUT2D eigenvalue weighted by molar-refractivity contribution is 5.96. The molecular weight excluding hydrogens is 472 g/mol. The summed E-state index contributed by atoms with van der Waals surface area (Å²) in [4.78, 5) is 31.4. The number of esters is 1. The van der Waals surface area contributed by atoms with Gasteiger partial charge in [-0.1, -0.05) is 30.5 Å². The summed E-state index contributed by atoms with van der Waals surface area (Å²) in [6.45, 7) is 4.41. The number of amides is 1. The number of likely N-dealkylation sites (tertiary alicyclic amines) is 1. The second-order valence-corrected chi connectivity index (χ2v) is 12.3. The van der Waals surface area contributed by atoms with Gasteiger partial charge in [-0.25, -0.2) is 4.79 Å². The van der Waals surface area contributed by atoms with Gasteiger partial charge in [0.1, 0.15) is 11.6 Å². The van der Waals surface area contributed by atoms with Crippen LogP contribution in [0.15, 0.2) is 16.8 Å². The first-order chi connectivity index (χ1) is 17.6. The molecule has 8 nitrogen and oxygen atoms in total. The number of ether oxygens (including phenoxy) is 1. The van der Waals surface area contributed by atoms with Crippen LogP contribution in [-0.4, -0.2) is 70.7 Å². The van der Waals surface area contributed by atoms with E-state index in [9.17, 15) is 19.8 Å². The summed E-state index contributed by atoms with van der Waals surface area (Å²) in [6.07, 6.45) is 15.0. The molecule has 3 saturated carbocycles. The molecule has 1 amide bonds. The van der Waals surface area contributed by atoms with Crippen molar-refractivity contribution in [1.82, 2.24) is 4.90 Å². The third-order valence-corrected chi connectivity index (χ3v) is 10.8. The van der Waals surface area contributed by atoms with E-state index in [2.05, 4.69) is 31.0 Å². The van der Waals surface area contributed by atoms with Gasteiger partial charge in [0.05, 0.1) is 18.9 Å². The normalized spacial score (nSPS) is 43.8. The minimum Gasteiger partial charge on any atom is -0.467 e. The van der Waals surface area contributed by atoms with E-state index in [0.717, 1.165) is 50.7 Å². The Morgan fingerprint density at radius 2 is 1.95 bits per heavy atom. The molecule has 4 fully saturated rings. The van der Waals surface area contributed by atoms with Crippen LogP contribution in [0.5, 0.6) is 0 Å². The van der Waals surface area contributed by atoms with Crippen molar-refractivity contribution in [2.75, 3.05) is 20.3 Å². The number of rotatable bonds is 4. The van der Waals surface area contributed by atoms with Crippen LogP contribution >= 0.6 is 0 Å². The Bertz CT molecular complexity index is 1060. The highest BCUT2D eigenvalue weighted by Gasteiger charge is 2.63. The number of carbonyl (C=O) groups is 2. The number of hydrogen-bond acceptors (Lipinski definition) is 7. The van der Waals surface area contributed by atoms with Gasteiger partial charge < -0.3 is 24.7 Å². The number of hydrogen-bond donors (Lipinski definition) is 2. The van der Waals surface area contributed by atoms with Gasteiger partial charge in [0.15, 0.2) is 6.61 Å². The molecule has 5 aliphatic rings. The van der Waals surface area contributed by atoms with Gasteiger partial charge in [-0.05, 0) is 80.6 Å². The molecule has 0 aromatic heterocycles. The number of aliphatic hydroxyl groups is 2.